The quantitative estimate of drug-likeness (QED) is 0.296. The van der Waals surface area contributed by atoms with Crippen LogP contribution in [0.3, 0.4) is 0 Å². The first-order valence-electron chi connectivity index (χ1n) is 13.8. The number of aromatic amines is 1. The van der Waals surface area contributed by atoms with Gasteiger partial charge in [0, 0.05) is 23.9 Å². The highest BCUT2D eigenvalue weighted by Gasteiger charge is 2.47. The molecule has 11 heteroatoms. The first-order valence-corrected chi connectivity index (χ1v) is 14.2. The number of fused-ring (bicyclic) bond motifs is 3. The number of carbonyl (C=O) groups is 1. The van der Waals surface area contributed by atoms with Gasteiger partial charge in [-0.3, -0.25) is 0 Å². The highest BCUT2D eigenvalue weighted by atomic mass is 35.5. The molecule has 0 unspecified atom stereocenters. The van der Waals surface area contributed by atoms with E-state index in [1.165, 1.54) is 5.56 Å². The fourth-order valence-corrected chi connectivity index (χ4v) is 6.85. The molecule has 1 saturated carbocycles. The number of methoxy groups -OCH3 is 1. The summed E-state index contributed by atoms with van der Waals surface area (Å²) in [5.41, 5.74) is 9.46. The number of piperidine rings is 1. The first-order chi connectivity index (χ1) is 19.3. The van der Waals surface area contributed by atoms with Crippen LogP contribution in [0.1, 0.15) is 37.7 Å². The fourth-order valence-electron chi connectivity index (χ4n) is 6.65. The summed E-state index contributed by atoms with van der Waals surface area (Å²) < 4.78 is 11.1. The highest BCUT2D eigenvalue weighted by molar-refractivity contribution is 6.34. The van der Waals surface area contributed by atoms with E-state index in [1.807, 2.05) is 19.1 Å². The summed E-state index contributed by atoms with van der Waals surface area (Å²) in [4.78, 5) is 26.8. The lowest BCUT2D eigenvalue weighted by atomic mass is 9.86. The Morgan fingerprint density at radius 2 is 2.08 bits per heavy atom. The molecule has 6 rings (SSSR count). The second kappa shape index (κ2) is 10.9. The van der Waals surface area contributed by atoms with Gasteiger partial charge in [0.05, 0.1) is 36.2 Å². The number of anilines is 1. The van der Waals surface area contributed by atoms with Crippen LogP contribution in [0, 0.1) is 11.8 Å². The molecule has 3 aromatic rings. The molecule has 2 bridgehead atoms. The number of hydrogen-bond donors (Lipinski definition) is 4. The average Bonchev–Trinajstić information content (AvgIpc) is 3.66. The summed E-state index contributed by atoms with van der Waals surface area (Å²) in [6.45, 7) is 4.36. The number of nitrogens with two attached hydrogens (primary N) is 1. The molecule has 2 fully saturated rings. The van der Waals surface area contributed by atoms with Crippen molar-refractivity contribution in [1.82, 2.24) is 19.9 Å². The summed E-state index contributed by atoms with van der Waals surface area (Å²) in [6.07, 6.45) is 7.19. The standard InChI is InChI=1S/C29H35ClN6O4/c1-15(37)14-36-9-7-16(8-10-36)21-12-19(39-2)5-6-20(21)27-34-25-24(22(30)13-32-28(25)35-27)33-23-17-3-4-18(11-17)26(23)40-29(31)38/h3-6,12-13,15-18,23,26,37H,7-11,14H2,1-2H3,(H2,31,38)(H2,32,33,34,35)/t15-,17-,18+,23+,26-/m0/s1. The largest absolute Gasteiger partial charge is 0.497 e. The Labute approximate surface area is 237 Å². The number of aliphatic hydroxyl groups excluding tert-OH is 1. The third-order valence-electron chi connectivity index (χ3n) is 8.49. The summed E-state index contributed by atoms with van der Waals surface area (Å²) in [6, 6.07) is 5.92. The van der Waals surface area contributed by atoms with E-state index in [4.69, 9.17) is 31.8 Å². The average molecular weight is 567 g/mol. The van der Waals surface area contributed by atoms with Crippen LogP contribution in [-0.2, 0) is 4.74 Å². The van der Waals surface area contributed by atoms with Crippen molar-refractivity contribution in [1.29, 1.82) is 0 Å². The van der Waals surface area contributed by atoms with Crippen LogP contribution in [0.15, 0.2) is 36.5 Å². The van der Waals surface area contributed by atoms with Gasteiger partial charge in [-0.25, -0.2) is 14.8 Å². The van der Waals surface area contributed by atoms with E-state index in [2.05, 4.69) is 38.4 Å². The third kappa shape index (κ3) is 5.11. The number of imidazole rings is 1. The molecule has 2 aromatic heterocycles. The number of rotatable bonds is 8. The van der Waals surface area contributed by atoms with Crippen LogP contribution in [0.4, 0.5) is 10.5 Å². The maximum atomic E-state index is 11.6. The SMILES string of the molecule is COc1ccc(-c2nc3ncc(Cl)c(N[C@H]4[C@@H](OC(N)=O)[C@@H]5C=C[C@H]4C5)c3[nH]2)c(C2CCN(C[C@H](C)O)CC2)c1. The number of hydrogen-bond acceptors (Lipinski definition) is 8. The number of aliphatic hydroxyl groups is 1. The van der Waals surface area contributed by atoms with Gasteiger partial charge in [0.1, 0.15) is 23.2 Å². The zero-order valence-corrected chi connectivity index (χ0v) is 23.4. The summed E-state index contributed by atoms with van der Waals surface area (Å²) in [5, 5.41) is 13.8. The number of carbonyl (C=O) groups excluding carboxylic acids is 1. The van der Waals surface area contributed by atoms with Gasteiger partial charge in [0.2, 0.25) is 0 Å². The van der Waals surface area contributed by atoms with E-state index in [0.29, 0.717) is 40.2 Å². The number of likely N-dealkylation sites (tertiary alicyclic amines) is 1. The van der Waals surface area contributed by atoms with Gasteiger partial charge in [0.15, 0.2) is 5.65 Å². The van der Waals surface area contributed by atoms with Crippen molar-refractivity contribution in [2.45, 2.75) is 50.4 Å². The Morgan fingerprint density at radius 1 is 1.30 bits per heavy atom. The first kappa shape index (κ1) is 26.9. The smallest absolute Gasteiger partial charge is 0.404 e. The van der Waals surface area contributed by atoms with Gasteiger partial charge in [-0.05, 0) is 69.0 Å². The molecule has 1 aromatic carbocycles. The fraction of sp³-hybridized carbons (Fsp3) is 0.483. The van der Waals surface area contributed by atoms with Crippen LogP contribution in [0.5, 0.6) is 5.75 Å². The predicted octanol–water partition coefficient (Wildman–Crippen LogP) is 4.30. The number of nitrogens with one attached hydrogen (secondary N) is 2. The van der Waals surface area contributed by atoms with Crippen molar-refractivity contribution in [3.63, 3.8) is 0 Å². The van der Waals surface area contributed by atoms with Crippen molar-refractivity contribution in [2.75, 3.05) is 32.1 Å². The molecule has 2 aliphatic carbocycles. The predicted molar refractivity (Wildman–Crippen MR) is 154 cm³/mol. The molecular formula is C29H35ClN6O4. The molecule has 1 saturated heterocycles. The number of H-pyrrole nitrogens is 1. The van der Waals surface area contributed by atoms with Crippen LogP contribution in [-0.4, -0.2) is 76.0 Å². The summed E-state index contributed by atoms with van der Waals surface area (Å²) in [7, 11) is 1.68. The lowest BCUT2D eigenvalue weighted by Gasteiger charge is -2.33. The van der Waals surface area contributed by atoms with Crippen molar-refractivity contribution in [3.05, 3.63) is 47.1 Å². The van der Waals surface area contributed by atoms with Crippen molar-refractivity contribution < 1.29 is 19.4 Å². The minimum atomic E-state index is -0.781. The topological polar surface area (TPSA) is 139 Å². The van der Waals surface area contributed by atoms with E-state index in [0.717, 1.165) is 43.7 Å². The van der Waals surface area contributed by atoms with Gasteiger partial charge in [-0.2, -0.15) is 0 Å². The Bertz CT molecular complexity index is 1430. The molecule has 212 valence electrons. The normalized spacial score (nSPS) is 25.4. The van der Waals surface area contributed by atoms with Gasteiger partial charge in [0.25, 0.3) is 0 Å². The van der Waals surface area contributed by atoms with Gasteiger partial charge < -0.3 is 35.5 Å². The molecule has 3 aliphatic rings. The number of ether oxygens (including phenoxy) is 2. The van der Waals surface area contributed by atoms with Crippen LogP contribution >= 0.6 is 11.6 Å². The second-order valence-electron chi connectivity index (χ2n) is 11.2. The summed E-state index contributed by atoms with van der Waals surface area (Å²) >= 11 is 6.67. The van der Waals surface area contributed by atoms with Gasteiger partial charge >= 0.3 is 6.09 Å². The zero-order chi connectivity index (χ0) is 28.0. The van der Waals surface area contributed by atoms with E-state index in [-0.39, 0.29) is 30.1 Å². The summed E-state index contributed by atoms with van der Waals surface area (Å²) in [5.74, 6) is 2.15. The van der Waals surface area contributed by atoms with Crippen molar-refractivity contribution >= 4 is 34.5 Å². The molecule has 0 radical (unpaired) electrons. The van der Waals surface area contributed by atoms with Gasteiger partial charge in [-0.15, -0.1) is 0 Å². The maximum Gasteiger partial charge on any atom is 0.404 e. The van der Waals surface area contributed by atoms with E-state index >= 15 is 0 Å². The number of aromatic nitrogens is 3. The molecule has 5 N–H and O–H groups in total. The Morgan fingerprint density at radius 3 is 2.80 bits per heavy atom. The Hall–Kier alpha value is -3.34. The molecule has 10 nitrogen and oxygen atoms in total. The van der Waals surface area contributed by atoms with Crippen molar-refractivity contribution in [3.8, 4) is 17.1 Å². The minimum absolute atomic E-state index is 0.122. The van der Waals surface area contributed by atoms with Crippen molar-refractivity contribution in [2.24, 2.45) is 17.6 Å². The van der Waals surface area contributed by atoms with E-state index in [1.54, 1.807) is 13.3 Å². The lowest BCUT2D eigenvalue weighted by Crippen LogP contribution is -2.41. The molecule has 40 heavy (non-hydrogen) atoms. The third-order valence-corrected chi connectivity index (χ3v) is 8.77. The Kier molecular flexibility index (Phi) is 7.33. The maximum absolute atomic E-state index is 11.6. The number of benzene rings is 1. The zero-order valence-electron chi connectivity index (χ0n) is 22.6. The number of β-amino-alcohol motifs (C(OH)–C–C–N with tert-alkyl or cyclic N) is 1. The minimum Gasteiger partial charge on any atom is -0.497 e. The van der Waals surface area contributed by atoms with E-state index in [9.17, 15) is 9.90 Å². The number of pyridine rings is 1. The molecule has 3 heterocycles. The number of amides is 1. The number of nitrogens with zero attached hydrogens (tertiary/aromatic N) is 3. The molecule has 1 amide bonds. The van der Waals surface area contributed by atoms with Crippen LogP contribution in [0.25, 0.3) is 22.6 Å². The van der Waals surface area contributed by atoms with E-state index < -0.39 is 6.09 Å². The van der Waals surface area contributed by atoms with Crippen LogP contribution < -0.4 is 15.8 Å². The molecule has 5 atom stereocenters. The number of halogens is 1. The molecule has 0 spiro atoms. The number of primary amides is 1. The van der Waals surface area contributed by atoms with Gasteiger partial charge in [-0.1, -0.05) is 23.8 Å². The monoisotopic (exact) mass is 566 g/mol. The Balaban J connectivity index is 1.33. The molecular weight excluding hydrogens is 532 g/mol. The molecule has 1 aliphatic heterocycles. The lowest BCUT2D eigenvalue weighted by molar-refractivity contribution is 0.0854. The highest BCUT2D eigenvalue weighted by Crippen LogP contribution is 2.44. The second-order valence-corrected chi connectivity index (χ2v) is 11.6. The van der Waals surface area contributed by atoms with Crippen LogP contribution in [0.2, 0.25) is 5.02 Å².